The molecular weight excluding hydrogens is 143 g/mol. The molecule has 3 heteroatoms. The van der Waals surface area contributed by atoms with Gasteiger partial charge in [0.25, 0.3) is 0 Å². The number of halogens is 1. The first-order valence-corrected chi connectivity index (χ1v) is 3.66. The lowest BCUT2D eigenvalue weighted by Gasteiger charge is -2.02. The summed E-state index contributed by atoms with van der Waals surface area (Å²) in [6.45, 7) is 4.04. The van der Waals surface area contributed by atoms with Crippen molar-refractivity contribution in [1.82, 2.24) is 10.2 Å². The first kappa shape index (κ1) is 8.11. The van der Waals surface area contributed by atoms with Crippen molar-refractivity contribution in [1.29, 1.82) is 0 Å². The third-order valence-corrected chi connectivity index (χ3v) is 1.34. The summed E-state index contributed by atoms with van der Waals surface area (Å²) < 4.78 is 12.8. The van der Waals surface area contributed by atoms with Crippen molar-refractivity contribution < 1.29 is 4.39 Å². The van der Waals surface area contributed by atoms with Crippen LogP contribution >= 0.6 is 0 Å². The van der Waals surface area contributed by atoms with Gasteiger partial charge in [-0.2, -0.15) is 10.2 Å². The molecule has 0 radical (unpaired) electrons. The molecule has 0 unspecified atom stereocenters. The minimum Gasteiger partial charge on any atom is -0.205 e. The molecule has 2 nitrogen and oxygen atoms in total. The van der Waals surface area contributed by atoms with Crippen LogP contribution in [0, 0.1) is 11.7 Å². The van der Waals surface area contributed by atoms with Gasteiger partial charge in [-0.25, -0.2) is 4.39 Å². The van der Waals surface area contributed by atoms with Gasteiger partial charge in [0.2, 0.25) is 0 Å². The molecule has 1 aromatic rings. The SMILES string of the molecule is CC(C)Cc1nnccc1F. The molecule has 1 heterocycles. The van der Waals surface area contributed by atoms with E-state index in [-0.39, 0.29) is 5.82 Å². The van der Waals surface area contributed by atoms with E-state index >= 15 is 0 Å². The minimum atomic E-state index is -0.256. The number of aromatic nitrogens is 2. The molecule has 0 N–H and O–H groups in total. The minimum absolute atomic E-state index is 0.256. The second-order valence-corrected chi connectivity index (χ2v) is 2.92. The summed E-state index contributed by atoms with van der Waals surface area (Å²) in [5, 5.41) is 7.30. The van der Waals surface area contributed by atoms with Gasteiger partial charge < -0.3 is 0 Å². The normalized spacial score (nSPS) is 10.5. The lowest BCUT2D eigenvalue weighted by molar-refractivity contribution is 0.550. The molecule has 0 fully saturated rings. The maximum absolute atomic E-state index is 12.8. The second kappa shape index (κ2) is 3.42. The van der Waals surface area contributed by atoms with Crippen LogP contribution in [0.5, 0.6) is 0 Å². The molecule has 0 aromatic carbocycles. The average Bonchev–Trinajstić information content (AvgIpc) is 1.93. The van der Waals surface area contributed by atoms with Crippen LogP contribution in [0.15, 0.2) is 12.3 Å². The zero-order valence-corrected chi connectivity index (χ0v) is 6.71. The molecular formula is C8H11FN2. The summed E-state index contributed by atoms with van der Waals surface area (Å²) in [5.74, 6) is 0.162. The van der Waals surface area contributed by atoms with E-state index in [2.05, 4.69) is 10.2 Å². The lowest BCUT2D eigenvalue weighted by Crippen LogP contribution is -2.01. The van der Waals surface area contributed by atoms with Gasteiger partial charge in [-0.05, 0) is 18.4 Å². The summed E-state index contributed by atoms with van der Waals surface area (Å²) in [4.78, 5) is 0. The predicted molar refractivity (Wildman–Crippen MR) is 40.5 cm³/mol. The van der Waals surface area contributed by atoms with Crippen LogP contribution in [0.2, 0.25) is 0 Å². The first-order chi connectivity index (χ1) is 5.20. The van der Waals surface area contributed by atoms with Crippen molar-refractivity contribution >= 4 is 0 Å². The number of rotatable bonds is 2. The Morgan fingerprint density at radius 3 is 2.82 bits per heavy atom. The van der Waals surface area contributed by atoms with Crippen molar-refractivity contribution in [3.05, 3.63) is 23.8 Å². The van der Waals surface area contributed by atoms with Crippen LogP contribution < -0.4 is 0 Å². The van der Waals surface area contributed by atoms with Gasteiger partial charge in [-0.3, -0.25) is 0 Å². The van der Waals surface area contributed by atoms with Gasteiger partial charge in [0.15, 0.2) is 0 Å². The van der Waals surface area contributed by atoms with Crippen molar-refractivity contribution in [3.63, 3.8) is 0 Å². The topological polar surface area (TPSA) is 25.8 Å². The molecule has 0 aliphatic heterocycles. The maximum Gasteiger partial charge on any atom is 0.148 e. The zero-order chi connectivity index (χ0) is 8.27. The Morgan fingerprint density at radius 1 is 1.55 bits per heavy atom. The Morgan fingerprint density at radius 2 is 2.27 bits per heavy atom. The van der Waals surface area contributed by atoms with E-state index in [0.29, 0.717) is 18.0 Å². The van der Waals surface area contributed by atoms with E-state index in [0.717, 1.165) is 0 Å². The zero-order valence-electron chi connectivity index (χ0n) is 6.71. The highest BCUT2D eigenvalue weighted by atomic mass is 19.1. The van der Waals surface area contributed by atoms with E-state index in [1.54, 1.807) is 0 Å². The Hall–Kier alpha value is -0.990. The van der Waals surface area contributed by atoms with Gasteiger partial charge in [0.05, 0.1) is 11.9 Å². The largest absolute Gasteiger partial charge is 0.205 e. The smallest absolute Gasteiger partial charge is 0.148 e. The Bertz CT molecular complexity index is 235. The molecule has 0 saturated carbocycles. The lowest BCUT2D eigenvalue weighted by atomic mass is 10.1. The van der Waals surface area contributed by atoms with Crippen LogP contribution in [0.25, 0.3) is 0 Å². The summed E-state index contributed by atoms with van der Waals surface area (Å²) in [5.41, 5.74) is 0.461. The van der Waals surface area contributed by atoms with Gasteiger partial charge in [0, 0.05) is 0 Å². The fourth-order valence-corrected chi connectivity index (χ4v) is 0.871. The average molecular weight is 154 g/mol. The highest BCUT2D eigenvalue weighted by molar-refractivity contribution is 5.03. The summed E-state index contributed by atoms with van der Waals surface area (Å²) in [7, 11) is 0. The third-order valence-electron chi connectivity index (χ3n) is 1.34. The number of hydrogen-bond donors (Lipinski definition) is 0. The molecule has 60 valence electrons. The molecule has 0 aliphatic rings. The van der Waals surface area contributed by atoms with Crippen molar-refractivity contribution in [2.75, 3.05) is 0 Å². The molecule has 0 amide bonds. The molecule has 0 saturated heterocycles. The van der Waals surface area contributed by atoms with Crippen molar-refractivity contribution in [2.24, 2.45) is 5.92 Å². The van der Waals surface area contributed by atoms with Crippen LogP contribution in [-0.4, -0.2) is 10.2 Å². The number of nitrogens with zero attached hydrogens (tertiary/aromatic N) is 2. The Balaban J connectivity index is 2.78. The fourth-order valence-electron chi connectivity index (χ4n) is 0.871. The molecule has 1 rings (SSSR count). The van der Waals surface area contributed by atoms with Crippen LogP contribution in [0.4, 0.5) is 4.39 Å². The summed E-state index contributed by atoms with van der Waals surface area (Å²) in [6, 6.07) is 1.34. The predicted octanol–water partition coefficient (Wildman–Crippen LogP) is 1.81. The molecule has 1 aromatic heterocycles. The first-order valence-electron chi connectivity index (χ1n) is 3.66. The van der Waals surface area contributed by atoms with Gasteiger partial charge in [0.1, 0.15) is 5.82 Å². The quantitative estimate of drug-likeness (QED) is 0.649. The fraction of sp³-hybridized carbons (Fsp3) is 0.500. The van der Waals surface area contributed by atoms with Crippen molar-refractivity contribution in [3.8, 4) is 0 Å². The van der Waals surface area contributed by atoms with E-state index in [1.807, 2.05) is 13.8 Å². The summed E-state index contributed by atoms with van der Waals surface area (Å²) >= 11 is 0. The number of hydrogen-bond acceptors (Lipinski definition) is 2. The highest BCUT2D eigenvalue weighted by Gasteiger charge is 2.04. The van der Waals surface area contributed by atoms with Gasteiger partial charge in [-0.1, -0.05) is 13.8 Å². The van der Waals surface area contributed by atoms with Crippen LogP contribution in [-0.2, 0) is 6.42 Å². The molecule has 0 atom stereocenters. The molecule has 11 heavy (non-hydrogen) atoms. The molecule has 0 bridgehead atoms. The van der Waals surface area contributed by atoms with Gasteiger partial charge >= 0.3 is 0 Å². The van der Waals surface area contributed by atoms with E-state index in [9.17, 15) is 4.39 Å². The monoisotopic (exact) mass is 154 g/mol. The Kier molecular flexibility index (Phi) is 2.52. The van der Waals surface area contributed by atoms with E-state index in [4.69, 9.17) is 0 Å². The van der Waals surface area contributed by atoms with E-state index in [1.165, 1.54) is 12.3 Å². The molecule has 0 aliphatic carbocycles. The second-order valence-electron chi connectivity index (χ2n) is 2.92. The van der Waals surface area contributed by atoms with Crippen LogP contribution in [0.3, 0.4) is 0 Å². The van der Waals surface area contributed by atoms with Gasteiger partial charge in [-0.15, -0.1) is 0 Å². The summed E-state index contributed by atoms with van der Waals surface area (Å²) in [6.07, 6.45) is 2.01. The van der Waals surface area contributed by atoms with Crippen LogP contribution in [0.1, 0.15) is 19.5 Å². The highest BCUT2D eigenvalue weighted by Crippen LogP contribution is 2.07. The van der Waals surface area contributed by atoms with Crippen molar-refractivity contribution in [2.45, 2.75) is 20.3 Å². The van der Waals surface area contributed by atoms with E-state index < -0.39 is 0 Å². The maximum atomic E-state index is 12.8. The Labute approximate surface area is 65.5 Å². The molecule has 0 spiro atoms. The standard InChI is InChI=1S/C8H11FN2/c1-6(2)5-8-7(9)3-4-10-11-8/h3-4,6H,5H2,1-2H3. The third kappa shape index (κ3) is 2.26.